The molecule has 2 aromatic carbocycles. The molecular weight excluding hydrogens is 344 g/mol. The van der Waals surface area contributed by atoms with Gasteiger partial charge in [0.2, 0.25) is 0 Å². The Hall–Kier alpha value is -3.02. The van der Waals surface area contributed by atoms with Crippen molar-refractivity contribution in [3.8, 4) is 11.5 Å². The Balaban J connectivity index is 1.69. The number of nitrogens with one attached hydrogen (secondary N) is 1. The SMILES string of the molecule is COc1cc2c(cc1OC)C(C(C)NC(=O)OCc1ccccc1)=NCC2. The topological polar surface area (TPSA) is 69.2 Å². The third-order valence-corrected chi connectivity index (χ3v) is 4.51. The minimum atomic E-state index is -0.471. The van der Waals surface area contributed by atoms with E-state index in [-0.39, 0.29) is 12.6 Å². The van der Waals surface area contributed by atoms with Gasteiger partial charge in [0.15, 0.2) is 11.5 Å². The van der Waals surface area contributed by atoms with Gasteiger partial charge in [0.25, 0.3) is 0 Å². The first kappa shape index (κ1) is 18.8. The van der Waals surface area contributed by atoms with Crippen molar-refractivity contribution in [1.82, 2.24) is 5.32 Å². The summed E-state index contributed by atoms with van der Waals surface area (Å²) in [6, 6.07) is 13.2. The van der Waals surface area contributed by atoms with Crippen LogP contribution in [0.1, 0.15) is 23.6 Å². The minimum Gasteiger partial charge on any atom is -0.493 e. The molecule has 0 fully saturated rings. The van der Waals surface area contributed by atoms with Gasteiger partial charge >= 0.3 is 6.09 Å². The van der Waals surface area contributed by atoms with Gasteiger partial charge in [0.1, 0.15) is 6.61 Å². The molecule has 2 aromatic rings. The summed E-state index contributed by atoms with van der Waals surface area (Å²) >= 11 is 0. The smallest absolute Gasteiger partial charge is 0.407 e. The number of hydrogen-bond acceptors (Lipinski definition) is 5. The number of fused-ring (bicyclic) bond motifs is 1. The van der Waals surface area contributed by atoms with Gasteiger partial charge in [0, 0.05) is 12.1 Å². The highest BCUT2D eigenvalue weighted by Crippen LogP contribution is 2.33. The Morgan fingerprint density at radius 2 is 1.85 bits per heavy atom. The second kappa shape index (κ2) is 8.58. The zero-order valence-corrected chi connectivity index (χ0v) is 15.8. The van der Waals surface area contributed by atoms with Crippen LogP contribution >= 0.6 is 0 Å². The van der Waals surface area contributed by atoms with Crippen molar-refractivity contribution >= 4 is 11.8 Å². The first-order chi connectivity index (χ1) is 13.1. The molecule has 1 aliphatic heterocycles. The fraction of sp³-hybridized carbons (Fsp3) is 0.333. The molecule has 0 aliphatic carbocycles. The third kappa shape index (κ3) is 4.39. The lowest BCUT2D eigenvalue weighted by Crippen LogP contribution is -2.40. The molecule has 6 heteroatoms. The lowest BCUT2D eigenvalue weighted by Gasteiger charge is -2.24. The molecule has 1 heterocycles. The number of hydrogen-bond donors (Lipinski definition) is 1. The van der Waals surface area contributed by atoms with Crippen LogP contribution in [0.2, 0.25) is 0 Å². The zero-order chi connectivity index (χ0) is 19.2. The van der Waals surface area contributed by atoms with Crippen LogP contribution in [-0.2, 0) is 17.8 Å². The highest BCUT2D eigenvalue weighted by Gasteiger charge is 2.23. The molecule has 27 heavy (non-hydrogen) atoms. The number of methoxy groups -OCH3 is 2. The average molecular weight is 368 g/mol. The number of carbonyl (C=O) groups excluding carboxylic acids is 1. The largest absolute Gasteiger partial charge is 0.493 e. The highest BCUT2D eigenvalue weighted by atomic mass is 16.5. The summed E-state index contributed by atoms with van der Waals surface area (Å²) in [6.45, 7) is 2.80. The van der Waals surface area contributed by atoms with Crippen LogP contribution in [0.3, 0.4) is 0 Å². The highest BCUT2D eigenvalue weighted by molar-refractivity contribution is 6.07. The van der Waals surface area contributed by atoms with E-state index in [0.717, 1.165) is 28.8 Å². The number of aliphatic imine (C=N–C) groups is 1. The van der Waals surface area contributed by atoms with Crippen molar-refractivity contribution in [1.29, 1.82) is 0 Å². The lowest BCUT2D eigenvalue weighted by atomic mass is 9.93. The summed E-state index contributed by atoms with van der Waals surface area (Å²) in [6.07, 6.45) is 0.353. The maximum Gasteiger partial charge on any atom is 0.407 e. The van der Waals surface area contributed by atoms with Crippen molar-refractivity contribution < 1.29 is 19.0 Å². The first-order valence-electron chi connectivity index (χ1n) is 8.89. The minimum absolute atomic E-state index is 0.230. The molecule has 0 bridgehead atoms. The molecular formula is C21H24N2O4. The molecule has 1 amide bonds. The molecule has 0 spiro atoms. The third-order valence-electron chi connectivity index (χ3n) is 4.51. The van der Waals surface area contributed by atoms with E-state index in [9.17, 15) is 4.79 Å². The summed E-state index contributed by atoms with van der Waals surface area (Å²) in [5.41, 5.74) is 3.85. The van der Waals surface area contributed by atoms with E-state index in [4.69, 9.17) is 14.2 Å². The number of amides is 1. The molecule has 0 saturated heterocycles. The van der Waals surface area contributed by atoms with E-state index in [1.54, 1.807) is 14.2 Å². The molecule has 1 unspecified atom stereocenters. The summed E-state index contributed by atoms with van der Waals surface area (Å²) in [5.74, 6) is 1.34. The molecule has 1 aliphatic rings. The van der Waals surface area contributed by atoms with Crippen LogP contribution in [0.4, 0.5) is 4.79 Å². The van der Waals surface area contributed by atoms with E-state index in [0.29, 0.717) is 18.0 Å². The molecule has 1 N–H and O–H groups in total. The van der Waals surface area contributed by atoms with Crippen LogP contribution < -0.4 is 14.8 Å². The van der Waals surface area contributed by atoms with Crippen LogP contribution in [-0.4, -0.2) is 38.6 Å². The fourth-order valence-corrected chi connectivity index (χ4v) is 3.13. The second-order valence-electron chi connectivity index (χ2n) is 6.31. The normalized spacial score (nSPS) is 13.8. The Morgan fingerprint density at radius 1 is 1.15 bits per heavy atom. The van der Waals surface area contributed by atoms with Gasteiger partial charge in [-0.05, 0) is 36.6 Å². The lowest BCUT2D eigenvalue weighted by molar-refractivity contribution is 0.138. The van der Waals surface area contributed by atoms with E-state index >= 15 is 0 Å². The van der Waals surface area contributed by atoms with Crippen molar-refractivity contribution in [3.05, 3.63) is 59.2 Å². The van der Waals surface area contributed by atoms with Crippen molar-refractivity contribution in [2.45, 2.75) is 26.0 Å². The monoisotopic (exact) mass is 368 g/mol. The van der Waals surface area contributed by atoms with E-state index < -0.39 is 6.09 Å². The summed E-state index contributed by atoms with van der Waals surface area (Å²) < 4.78 is 16.1. The van der Waals surface area contributed by atoms with Crippen LogP contribution in [0.5, 0.6) is 11.5 Å². The maximum absolute atomic E-state index is 12.2. The molecule has 0 radical (unpaired) electrons. The van der Waals surface area contributed by atoms with E-state index in [1.165, 1.54) is 0 Å². The van der Waals surface area contributed by atoms with Crippen molar-refractivity contribution in [2.24, 2.45) is 4.99 Å². The van der Waals surface area contributed by atoms with Gasteiger partial charge in [-0.2, -0.15) is 0 Å². The predicted molar refractivity (Wildman–Crippen MR) is 104 cm³/mol. The number of ether oxygens (including phenoxy) is 3. The molecule has 142 valence electrons. The summed E-state index contributed by atoms with van der Waals surface area (Å²) in [5, 5.41) is 2.86. The number of carbonyl (C=O) groups is 1. The molecule has 3 rings (SSSR count). The Morgan fingerprint density at radius 3 is 2.56 bits per heavy atom. The van der Waals surface area contributed by atoms with Gasteiger partial charge in [-0.1, -0.05) is 30.3 Å². The fourth-order valence-electron chi connectivity index (χ4n) is 3.13. The molecule has 0 saturated carbocycles. The first-order valence-corrected chi connectivity index (χ1v) is 8.89. The number of rotatable bonds is 6. The van der Waals surface area contributed by atoms with Gasteiger partial charge in [-0.3, -0.25) is 4.99 Å². The van der Waals surface area contributed by atoms with Gasteiger partial charge in [-0.15, -0.1) is 0 Å². The van der Waals surface area contributed by atoms with Crippen LogP contribution in [0.15, 0.2) is 47.5 Å². The van der Waals surface area contributed by atoms with Gasteiger partial charge < -0.3 is 19.5 Å². The van der Waals surface area contributed by atoms with E-state index in [1.807, 2.05) is 49.4 Å². The molecule has 1 atom stereocenters. The average Bonchev–Trinajstić information content (AvgIpc) is 2.71. The predicted octanol–water partition coefficient (Wildman–Crippen LogP) is 3.36. The Bertz CT molecular complexity index is 834. The van der Waals surface area contributed by atoms with Gasteiger partial charge in [-0.25, -0.2) is 4.79 Å². The second-order valence-corrected chi connectivity index (χ2v) is 6.31. The molecule has 6 nitrogen and oxygen atoms in total. The van der Waals surface area contributed by atoms with Crippen LogP contribution in [0.25, 0.3) is 0 Å². The maximum atomic E-state index is 12.2. The van der Waals surface area contributed by atoms with Crippen molar-refractivity contribution in [3.63, 3.8) is 0 Å². The zero-order valence-electron chi connectivity index (χ0n) is 15.8. The van der Waals surface area contributed by atoms with E-state index in [2.05, 4.69) is 10.3 Å². The molecule has 0 aromatic heterocycles. The number of benzene rings is 2. The summed E-state index contributed by atoms with van der Waals surface area (Å²) in [4.78, 5) is 16.8. The number of alkyl carbamates (subject to hydrolysis) is 1. The Kier molecular flexibility index (Phi) is 5.96. The standard InChI is InChI=1S/C21H24N2O4/c1-14(23-21(24)27-13-15-7-5-4-6-8-15)20-17-12-19(26-3)18(25-2)11-16(17)9-10-22-20/h4-8,11-12,14H,9-10,13H2,1-3H3,(H,23,24). The number of nitrogens with zero attached hydrogens (tertiary/aromatic N) is 1. The quantitative estimate of drug-likeness (QED) is 0.849. The van der Waals surface area contributed by atoms with Crippen LogP contribution in [0, 0.1) is 0 Å². The Labute approximate surface area is 159 Å². The van der Waals surface area contributed by atoms with Crippen molar-refractivity contribution in [2.75, 3.05) is 20.8 Å². The van der Waals surface area contributed by atoms with Gasteiger partial charge in [0.05, 0.1) is 26.0 Å². The summed E-state index contributed by atoms with van der Waals surface area (Å²) in [7, 11) is 3.22.